The van der Waals surface area contributed by atoms with Crippen molar-refractivity contribution in [1.82, 2.24) is 9.55 Å². The summed E-state index contributed by atoms with van der Waals surface area (Å²) in [6, 6.07) is 8.16. The molecule has 1 aromatic carbocycles. The molecule has 1 aromatic heterocycles. The lowest BCUT2D eigenvalue weighted by Gasteiger charge is -2.23. The Morgan fingerprint density at radius 2 is 2.06 bits per heavy atom. The molecular weight excluding hydrogens is 216 g/mol. The fourth-order valence-electron chi connectivity index (χ4n) is 2.14. The predicted molar refractivity (Wildman–Crippen MR) is 64.7 cm³/mol. The van der Waals surface area contributed by atoms with Gasteiger partial charge in [0.1, 0.15) is 0 Å². The summed E-state index contributed by atoms with van der Waals surface area (Å²) < 4.78 is 13.2. The minimum absolute atomic E-state index is 0.0510. The molecule has 1 aliphatic heterocycles. The first kappa shape index (κ1) is 10.7. The summed E-state index contributed by atoms with van der Waals surface area (Å²) >= 11 is 0. The van der Waals surface area contributed by atoms with Crippen LogP contribution in [0.3, 0.4) is 0 Å². The molecule has 2 aromatic rings. The van der Waals surface area contributed by atoms with E-state index in [1.54, 1.807) is 0 Å². The minimum Gasteiger partial charge on any atom is -0.353 e. The largest absolute Gasteiger partial charge is 0.353 e. The van der Waals surface area contributed by atoms with Crippen LogP contribution in [0.15, 0.2) is 30.6 Å². The van der Waals surface area contributed by atoms with Crippen LogP contribution in [0.1, 0.15) is 12.8 Å². The summed E-state index contributed by atoms with van der Waals surface area (Å²) in [5.41, 5.74) is 2.21. The highest BCUT2D eigenvalue weighted by atomic mass is 16.7. The highest BCUT2D eigenvalue weighted by Gasteiger charge is 2.14. The van der Waals surface area contributed by atoms with Crippen molar-refractivity contribution in [3.63, 3.8) is 0 Å². The van der Waals surface area contributed by atoms with Gasteiger partial charge in [0, 0.05) is 13.0 Å². The molecule has 0 unspecified atom stereocenters. The Kier molecular flexibility index (Phi) is 3.07. The van der Waals surface area contributed by atoms with Crippen molar-refractivity contribution in [3.05, 3.63) is 30.6 Å². The molecule has 4 heteroatoms. The summed E-state index contributed by atoms with van der Waals surface area (Å²) in [6.07, 6.45) is 3.71. The van der Waals surface area contributed by atoms with Crippen molar-refractivity contribution >= 4 is 11.0 Å². The Morgan fingerprint density at radius 3 is 2.94 bits per heavy atom. The number of hydrogen-bond acceptors (Lipinski definition) is 3. The van der Waals surface area contributed by atoms with Crippen LogP contribution >= 0.6 is 0 Å². The van der Waals surface area contributed by atoms with Crippen LogP contribution in [-0.2, 0) is 16.0 Å². The fourth-order valence-corrected chi connectivity index (χ4v) is 2.14. The lowest BCUT2D eigenvalue weighted by molar-refractivity contribution is -0.182. The number of ether oxygens (including phenoxy) is 2. The van der Waals surface area contributed by atoms with Gasteiger partial charge in [0.2, 0.25) is 0 Å². The highest BCUT2D eigenvalue weighted by Crippen LogP contribution is 2.15. The standard InChI is InChI=1S/C13H16N2O2/c1-2-5-12-11(4-1)14-10-15(12)7-6-13-16-8-3-9-17-13/h1-2,4-5,10,13H,3,6-9H2. The zero-order valence-electron chi connectivity index (χ0n) is 9.71. The van der Waals surface area contributed by atoms with Crippen molar-refractivity contribution in [1.29, 1.82) is 0 Å². The third-order valence-electron chi connectivity index (χ3n) is 3.03. The second kappa shape index (κ2) is 4.85. The number of aromatic nitrogens is 2. The number of fused-ring (bicyclic) bond motifs is 1. The molecular formula is C13H16N2O2. The van der Waals surface area contributed by atoms with Crippen LogP contribution in [0.5, 0.6) is 0 Å². The Morgan fingerprint density at radius 1 is 1.24 bits per heavy atom. The average molecular weight is 232 g/mol. The smallest absolute Gasteiger partial charge is 0.159 e. The molecule has 0 saturated carbocycles. The van der Waals surface area contributed by atoms with Gasteiger partial charge in [-0.05, 0) is 18.6 Å². The molecule has 0 bridgehead atoms. The Labute approximate surface area is 100 Å². The number of aryl methyl sites for hydroxylation is 1. The lowest BCUT2D eigenvalue weighted by atomic mass is 10.3. The number of hydrogen-bond donors (Lipinski definition) is 0. The molecule has 0 radical (unpaired) electrons. The first-order valence-electron chi connectivity index (χ1n) is 6.06. The Hall–Kier alpha value is -1.39. The van der Waals surface area contributed by atoms with Crippen LogP contribution in [0.2, 0.25) is 0 Å². The van der Waals surface area contributed by atoms with Gasteiger partial charge in [0.15, 0.2) is 6.29 Å². The van der Waals surface area contributed by atoms with Gasteiger partial charge in [-0.2, -0.15) is 0 Å². The SMILES string of the molecule is c1ccc2c(c1)ncn2CCC1OCCCO1. The summed E-state index contributed by atoms with van der Waals surface area (Å²) in [6.45, 7) is 2.51. The van der Waals surface area contributed by atoms with Gasteiger partial charge in [-0.15, -0.1) is 0 Å². The molecule has 0 atom stereocenters. The quantitative estimate of drug-likeness (QED) is 0.814. The minimum atomic E-state index is -0.0510. The summed E-state index contributed by atoms with van der Waals surface area (Å²) in [7, 11) is 0. The van der Waals surface area contributed by atoms with Gasteiger partial charge >= 0.3 is 0 Å². The predicted octanol–water partition coefficient (Wildman–Crippen LogP) is 2.19. The fraction of sp³-hybridized carbons (Fsp3) is 0.462. The van der Waals surface area contributed by atoms with E-state index in [4.69, 9.17) is 9.47 Å². The van der Waals surface area contributed by atoms with E-state index < -0.39 is 0 Å². The zero-order valence-corrected chi connectivity index (χ0v) is 9.71. The molecule has 0 amide bonds. The highest BCUT2D eigenvalue weighted by molar-refractivity contribution is 5.74. The van der Waals surface area contributed by atoms with Crippen LogP contribution < -0.4 is 0 Å². The van der Waals surface area contributed by atoms with Gasteiger partial charge in [0.25, 0.3) is 0 Å². The number of imidazole rings is 1. The van der Waals surface area contributed by atoms with E-state index in [-0.39, 0.29) is 6.29 Å². The van der Waals surface area contributed by atoms with E-state index in [0.29, 0.717) is 0 Å². The van der Waals surface area contributed by atoms with Crippen LogP contribution in [0, 0.1) is 0 Å². The first-order chi connectivity index (χ1) is 8.43. The van der Waals surface area contributed by atoms with E-state index in [0.717, 1.165) is 38.1 Å². The van der Waals surface area contributed by atoms with Crippen molar-refractivity contribution < 1.29 is 9.47 Å². The van der Waals surface area contributed by atoms with Crippen molar-refractivity contribution in [2.45, 2.75) is 25.7 Å². The second-order valence-electron chi connectivity index (χ2n) is 4.24. The number of para-hydroxylation sites is 2. The first-order valence-corrected chi connectivity index (χ1v) is 6.06. The maximum Gasteiger partial charge on any atom is 0.159 e. The molecule has 1 aliphatic rings. The van der Waals surface area contributed by atoms with Crippen LogP contribution in [0.4, 0.5) is 0 Å². The monoisotopic (exact) mass is 232 g/mol. The van der Waals surface area contributed by atoms with Gasteiger partial charge in [-0.25, -0.2) is 4.98 Å². The van der Waals surface area contributed by atoms with E-state index in [2.05, 4.69) is 15.6 Å². The Bertz CT molecular complexity index is 489. The van der Waals surface area contributed by atoms with Crippen LogP contribution in [-0.4, -0.2) is 29.1 Å². The molecule has 1 fully saturated rings. The summed E-state index contributed by atoms with van der Waals surface area (Å²) in [5.74, 6) is 0. The third kappa shape index (κ3) is 2.33. The molecule has 4 nitrogen and oxygen atoms in total. The second-order valence-corrected chi connectivity index (χ2v) is 4.24. The lowest BCUT2D eigenvalue weighted by Crippen LogP contribution is -2.25. The molecule has 0 N–H and O–H groups in total. The number of benzene rings is 1. The molecule has 0 aliphatic carbocycles. The molecule has 2 heterocycles. The van der Waals surface area contributed by atoms with Crippen molar-refractivity contribution in [3.8, 4) is 0 Å². The molecule has 1 saturated heterocycles. The van der Waals surface area contributed by atoms with Gasteiger partial charge in [0.05, 0.1) is 30.6 Å². The zero-order chi connectivity index (χ0) is 11.5. The van der Waals surface area contributed by atoms with E-state index >= 15 is 0 Å². The third-order valence-corrected chi connectivity index (χ3v) is 3.03. The van der Waals surface area contributed by atoms with E-state index in [1.165, 1.54) is 5.52 Å². The van der Waals surface area contributed by atoms with Gasteiger partial charge in [-0.1, -0.05) is 12.1 Å². The van der Waals surface area contributed by atoms with Gasteiger partial charge < -0.3 is 14.0 Å². The maximum atomic E-state index is 5.53. The van der Waals surface area contributed by atoms with Crippen molar-refractivity contribution in [2.75, 3.05) is 13.2 Å². The molecule has 90 valence electrons. The van der Waals surface area contributed by atoms with E-state index in [9.17, 15) is 0 Å². The summed E-state index contributed by atoms with van der Waals surface area (Å²) in [5, 5.41) is 0. The average Bonchev–Trinajstić information content (AvgIpc) is 2.81. The molecule has 0 spiro atoms. The summed E-state index contributed by atoms with van der Waals surface area (Å²) in [4.78, 5) is 4.36. The maximum absolute atomic E-state index is 5.53. The molecule has 17 heavy (non-hydrogen) atoms. The molecule has 3 rings (SSSR count). The van der Waals surface area contributed by atoms with Crippen LogP contribution in [0.25, 0.3) is 11.0 Å². The number of nitrogens with zero attached hydrogens (tertiary/aromatic N) is 2. The van der Waals surface area contributed by atoms with Crippen molar-refractivity contribution in [2.24, 2.45) is 0 Å². The Balaban J connectivity index is 1.68. The number of rotatable bonds is 3. The normalized spacial score (nSPS) is 17.6. The topological polar surface area (TPSA) is 36.3 Å². The van der Waals surface area contributed by atoms with Gasteiger partial charge in [-0.3, -0.25) is 0 Å². The van der Waals surface area contributed by atoms with E-state index in [1.807, 2.05) is 24.5 Å².